The van der Waals surface area contributed by atoms with E-state index in [-0.39, 0.29) is 5.91 Å². The number of methoxy groups -OCH3 is 1. The first kappa shape index (κ1) is 16.5. The molecule has 0 spiro atoms. The number of hydrogen-bond acceptors (Lipinski definition) is 3. The molecule has 3 rings (SSSR count). The van der Waals surface area contributed by atoms with E-state index >= 15 is 0 Å². The minimum absolute atomic E-state index is 0.267. The normalized spacial score (nSPS) is 10.3. The van der Waals surface area contributed by atoms with Crippen molar-refractivity contribution in [2.24, 2.45) is 0 Å². The van der Waals surface area contributed by atoms with Gasteiger partial charge in [-0.15, -0.1) is 0 Å². The summed E-state index contributed by atoms with van der Waals surface area (Å²) in [5.74, 6) is 0.505. The van der Waals surface area contributed by atoms with Gasteiger partial charge in [-0.2, -0.15) is 4.73 Å². The Morgan fingerprint density at radius 2 is 1.80 bits per heavy atom. The molecule has 1 heterocycles. The molecular formula is C20H18N2O3. The zero-order chi connectivity index (χ0) is 17.6. The maximum absolute atomic E-state index is 12.3. The maximum Gasteiger partial charge on any atom is 0.256 e. The molecule has 0 bridgehead atoms. The number of rotatable bonds is 5. The molecule has 5 nitrogen and oxygen atoms in total. The third-order valence-corrected chi connectivity index (χ3v) is 3.84. The number of aromatic nitrogens is 1. The first-order valence-electron chi connectivity index (χ1n) is 7.87. The third-order valence-electron chi connectivity index (χ3n) is 3.84. The highest BCUT2D eigenvalue weighted by molar-refractivity contribution is 6.04. The molecule has 0 aliphatic carbocycles. The average Bonchev–Trinajstić information content (AvgIpc) is 2.63. The monoisotopic (exact) mass is 334 g/mol. The van der Waals surface area contributed by atoms with Gasteiger partial charge in [0.05, 0.1) is 12.7 Å². The highest BCUT2D eigenvalue weighted by atomic mass is 16.5. The van der Waals surface area contributed by atoms with Gasteiger partial charge < -0.3 is 15.3 Å². The van der Waals surface area contributed by atoms with Gasteiger partial charge in [0.25, 0.3) is 5.91 Å². The van der Waals surface area contributed by atoms with Crippen LogP contribution in [0, 0.1) is 5.21 Å². The molecule has 1 amide bonds. The molecule has 0 aliphatic heterocycles. The Balaban J connectivity index is 1.81. The summed E-state index contributed by atoms with van der Waals surface area (Å²) in [4.78, 5) is 12.3. The van der Waals surface area contributed by atoms with Crippen molar-refractivity contribution < 1.29 is 14.3 Å². The Hall–Kier alpha value is -3.34. The quantitative estimate of drug-likeness (QED) is 0.576. The Labute approximate surface area is 146 Å². The van der Waals surface area contributed by atoms with E-state index in [4.69, 9.17) is 4.74 Å². The predicted molar refractivity (Wildman–Crippen MR) is 95.6 cm³/mol. The molecule has 3 aromatic rings. The third kappa shape index (κ3) is 4.14. The van der Waals surface area contributed by atoms with Crippen LogP contribution in [-0.4, -0.2) is 13.0 Å². The molecule has 126 valence electrons. The summed E-state index contributed by atoms with van der Waals surface area (Å²) in [5.41, 5.74) is 3.24. The van der Waals surface area contributed by atoms with E-state index in [1.54, 1.807) is 13.2 Å². The lowest BCUT2D eigenvalue weighted by atomic mass is 10.0. The lowest BCUT2D eigenvalue weighted by Crippen LogP contribution is -2.25. The molecule has 25 heavy (non-hydrogen) atoms. The highest BCUT2D eigenvalue weighted by Gasteiger charge is 2.10. The molecular weight excluding hydrogens is 316 g/mol. The molecule has 5 heteroatoms. The standard InChI is InChI=1S/C20H18N2O3/c1-25-19-8-7-18(14-17(19)13-15-5-3-2-4-6-15)21-20(23)16-9-11-22(24)12-10-16/h2-12,14H,13H2,1H3,(H,21,23). The molecule has 0 saturated carbocycles. The first-order valence-corrected chi connectivity index (χ1v) is 7.87. The van der Waals surface area contributed by atoms with Crippen molar-refractivity contribution in [1.29, 1.82) is 0 Å². The van der Waals surface area contributed by atoms with Gasteiger partial charge in [0.15, 0.2) is 12.4 Å². The van der Waals surface area contributed by atoms with Gasteiger partial charge in [-0.1, -0.05) is 30.3 Å². The number of hydrogen-bond donors (Lipinski definition) is 1. The molecule has 0 unspecified atom stereocenters. The minimum Gasteiger partial charge on any atom is -0.619 e. The van der Waals surface area contributed by atoms with Gasteiger partial charge in [-0.25, -0.2) is 0 Å². The second kappa shape index (κ2) is 7.49. The zero-order valence-electron chi connectivity index (χ0n) is 13.8. The number of anilines is 1. The number of nitrogens with zero attached hydrogens (tertiary/aromatic N) is 1. The van der Waals surface area contributed by atoms with Crippen molar-refractivity contribution in [3.63, 3.8) is 0 Å². The lowest BCUT2D eigenvalue weighted by Gasteiger charge is -2.12. The topological polar surface area (TPSA) is 65.3 Å². The van der Waals surface area contributed by atoms with Gasteiger partial charge in [0.2, 0.25) is 0 Å². The second-order valence-corrected chi connectivity index (χ2v) is 5.59. The predicted octanol–water partition coefficient (Wildman–Crippen LogP) is 3.17. The molecule has 2 aromatic carbocycles. The summed E-state index contributed by atoms with van der Waals surface area (Å²) in [5, 5.41) is 13.9. The minimum atomic E-state index is -0.267. The summed E-state index contributed by atoms with van der Waals surface area (Å²) in [6, 6.07) is 18.6. The fraction of sp³-hybridized carbons (Fsp3) is 0.100. The number of amides is 1. The number of benzene rings is 2. The van der Waals surface area contributed by atoms with Gasteiger partial charge >= 0.3 is 0 Å². The maximum atomic E-state index is 12.3. The van der Waals surface area contributed by atoms with Crippen LogP contribution < -0.4 is 14.8 Å². The largest absolute Gasteiger partial charge is 0.619 e. The van der Waals surface area contributed by atoms with Crippen LogP contribution in [-0.2, 0) is 6.42 Å². The average molecular weight is 334 g/mol. The number of pyridine rings is 1. The lowest BCUT2D eigenvalue weighted by molar-refractivity contribution is -0.605. The fourth-order valence-corrected chi connectivity index (χ4v) is 2.58. The van der Waals surface area contributed by atoms with Gasteiger partial charge in [0.1, 0.15) is 5.75 Å². The van der Waals surface area contributed by atoms with Crippen molar-refractivity contribution >= 4 is 11.6 Å². The van der Waals surface area contributed by atoms with E-state index < -0.39 is 0 Å². The summed E-state index contributed by atoms with van der Waals surface area (Å²) < 4.78 is 6.07. The molecule has 0 fully saturated rings. The molecule has 1 N–H and O–H groups in total. The van der Waals surface area contributed by atoms with Crippen molar-refractivity contribution in [2.75, 3.05) is 12.4 Å². The molecule has 1 aromatic heterocycles. The Bertz CT molecular complexity index is 862. The number of carbonyl (C=O) groups is 1. The van der Waals surface area contributed by atoms with Crippen molar-refractivity contribution in [3.8, 4) is 5.75 Å². The van der Waals surface area contributed by atoms with Crippen molar-refractivity contribution in [3.05, 3.63) is 95.0 Å². The van der Waals surface area contributed by atoms with E-state index in [9.17, 15) is 10.0 Å². The van der Waals surface area contributed by atoms with E-state index in [0.29, 0.717) is 22.4 Å². The van der Waals surface area contributed by atoms with Crippen molar-refractivity contribution in [1.82, 2.24) is 0 Å². The Morgan fingerprint density at radius 3 is 2.48 bits per heavy atom. The molecule has 0 saturated heterocycles. The summed E-state index contributed by atoms with van der Waals surface area (Å²) in [6.45, 7) is 0. The van der Waals surface area contributed by atoms with Gasteiger partial charge in [-0.3, -0.25) is 4.79 Å². The van der Waals surface area contributed by atoms with Crippen LogP contribution in [0.15, 0.2) is 73.1 Å². The smallest absolute Gasteiger partial charge is 0.256 e. The summed E-state index contributed by atoms with van der Waals surface area (Å²) in [7, 11) is 1.63. The first-order chi connectivity index (χ1) is 12.2. The molecule has 0 aliphatic rings. The van der Waals surface area contributed by atoms with Crippen molar-refractivity contribution in [2.45, 2.75) is 6.42 Å². The summed E-state index contributed by atoms with van der Waals surface area (Å²) in [6.07, 6.45) is 3.29. The summed E-state index contributed by atoms with van der Waals surface area (Å²) >= 11 is 0. The van der Waals surface area contributed by atoms with Crippen LogP contribution in [0.3, 0.4) is 0 Å². The van der Waals surface area contributed by atoms with E-state index in [1.807, 2.05) is 42.5 Å². The second-order valence-electron chi connectivity index (χ2n) is 5.59. The Morgan fingerprint density at radius 1 is 1.08 bits per heavy atom. The van der Waals surface area contributed by atoms with E-state index in [2.05, 4.69) is 5.32 Å². The molecule has 0 atom stereocenters. The van der Waals surface area contributed by atoms with Crippen LogP contribution in [0.1, 0.15) is 21.5 Å². The number of ether oxygens (including phenoxy) is 1. The van der Waals surface area contributed by atoms with Crippen LogP contribution in [0.4, 0.5) is 5.69 Å². The van der Waals surface area contributed by atoms with Crippen LogP contribution >= 0.6 is 0 Å². The fourth-order valence-electron chi connectivity index (χ4n) is 2.58. The van der Waals surface area contributed by atoms with Gasteiger partial charge in [-0.05, 0) is 23.8 Å². The van der Waals surface area contributed by atoms with E-state index in [1.165, 1.54) is 24.5 Å². The highest BCUT2D eigenvalue weighted by Crippen LogP contribution is 2.25. The zero-order valence-corrected chi connectivity index (χ0v) is 13.8. The number of nitrogens with one attached hydrogen (secondary N) is 1. The Kier molecular flexibility index (Phi) is 4.95. The van der Waals surface area contributed by atoms with Crippen LogP contribution in [0.5, 0.6) is 5.75 Å². The number of carbonyl (C=O) groups excluding carboxylic acids is 1. The van der Waals surface area contributed by atoms with E-state index in [0.717, 1.165) is 16.9 Å². The molecule has 0 radical (unpaired) electrons. The van der Waals surface area contributed by atoms with Gasteiger partial charge in [0, 0.05) is 29.8 Å². The van der Waals surface area contributed by atoms with Crippen LogP contribution in [0.2, 0.25) is 0 Å². The van der Waals surface area contributed by atoms with Crippen LogP contribution in [0.25, 0.3) is 0 Å². The SMILES string of the molecule is COc1ccc(NC(=O)c2cc[n+]([O-])cc2)cc1Cc1ccccc1.